The van der Waals surface area contributed by atoms with Crippen LogP contribution < -0.4 is 4.90 Å². The second kappa shape index (κ2) is 7.24. The molecule has 2 fully saturated rings. The van der Waals surface area contributed by atoms with Gasteiger partial charge in [-0.15, -0.1) is 0 Å². The predicted molar refractivity (Wildman–Crippen MR) is 93.2 cm³/mol. The summed E-state index contributed by atoms with van der Waals surface area (Å²) in [7, 11) is 0. The van der Waals surface area contributed by atoms with Gasteiger partial charge >= 0.3 is 6.09 Å². The van der Waals surface area contributed by atoms with Gasteiger partial charge in [0, 0.05) is 24.3 Å². The zero-order chi connectivity index (χ0) is 17.1. The number of amides is 2. The number of hydrogen-bond donors (Lipinski definition) is 0. The molecule has 0 saturated carbocycles. The maximum Gasteiger partial charge on any atom is 0.414 e. The van der Waals surface area contributed by atoms with Crippen LogP contribution in [0.25, 0.3) is 0 Å². The summed E-state index contributed by atoms with van der Waals surface area (Å²) in [5.74, 6) is 1.44. The quantitative estimate of drug-likeness (QED) is 0.852. The van der Waals surface area contributed by atoms with Crippen molar-refractivity contribution >= 4 is 17.7 Å². The van der Waals surface area contributed by atoms with Gasteiger partial charge in [0.05, 0.1) is 6.54 Å². The molecule has 1 aromatic carbocycles. The van der Waals surface area contributed by atoms with Gasteiger partial charge in [-0.3, -0.25) is 9.69 Å². The van der Waals surface area contributed by atoms with Crippen molar-refractivity contribution in [3.05, 3.63) is 29.8 Å². The number of nitrogens with zero attached hydrogens (tertiary/aromatic N) is 2. The lowest BCUT2D eigenvalue weighted by Crippen LogP contribution is -2.32. The molecule has 2 saturated heterocycles. The highest BCUT2D eigenvalue weighted by atomic mass is 16.6. The van der Waals surface area contributed by atoms with Gasteiger partial charge in [-0.2, -0.15) is 0 Å². The van der Waals surface area contributed by atoms with E-state index in [1.54, 1.807) is 11.0 Å². The number of carbonyl (C=O) groups excluding carboxylic acids is 2. The summed E-state index contributed by atoms with van der Waals surface area (Å²) in [6.45, 7) is 7.10. The molecule has 2 amide bonds. The van der Waals surface area contributed by atoms with Gasteiger partial charge in [0.25, 0.3) is 5.91 Å². The number of cyclic esters (lactones) is 1. The van der Waals surface area contributed by atoms with Gasteiger partial charge in [0.1, 0.15) is 6.61 Å². The molecule has 130 valence electrons. The Hall–Kier alpha value is -2.04. The van der Waals surface area contributed by atoms with E-state index < -0.39 is 0 Å². The lowest BCUT2D eigenvalue weighted by molar-refractivity contribution is 0.0758. The molecule has 5 nitrogen and oxygen atoms in total. The molecule has 2 heterocycles. The summed E-state index contributed by atoms with van der Waals surface area (Å²) in [5, 5.41) is 0. The lowest BCUT2D eigenvalue weighted by atomic mass is 9.89. The topological polar surface area (TPSA) is 49.9 Å². The van der Waals surface area contributed by atoms with Crippen molar-refractivity contribution in [1.82, 2.24) is 4.90 Å². The molecule has 1 aromatic rings. The van der Waals surface area contributed by atoms with Crippen LogP contribution in [0.4, 0.5) is 10.5 Å². The molecule has 3 rings (SSSR count). The number of benzene rings is 1. The van der Waals surface area contributed by atoms with Crippen molar-refractivity contribution in [3.8, 4) is 0 Å². The highest BCUT2D eigenvalue weighted by molar-refractivity contribution is 5.97. The van der Waals surface area contributed by atoms with E-state index in [1.165, 1.54) is 6.42 Å². The van der Waals surface area contributed by atoms with Gasteiger partial charge in [-0.25, -0.2) is 4.79 Å². The van der Waals surface area contributed by atoms with Crippen LogP contribution in [0.2, 0.25) is 0 Å². The third-order valence-electron chi connectivity index (χ3n) is 5.17. The van der Waals surface area contributed by atoms with Crippen molar-refractivity contribution in [2.45, 2.75) is 33.1 Å². The maximum absolute atomic E-state index is 12.9. The molecule has 5 heteroatoms. The summed E-state index contributed by atoms with van der Waals surface area (Å²) < 4.78 is 4.98. The van der Waals surface area contributed by atoms with Crippen LogP contribution in [0, 0.1) is 11.8 Å². The summed E-state index contributed by atoms with van der Waals surface area (Å²) in [4.78, 5) is 28.1. The molecule has 0 radical (unpaired) electrons. The van der Waals surface area contributed by atoms with Gasteiger partial charge in [0.15, 0.2) is 0 Å². The first-order valence-electron chi connectivity index (χ1n) is 8.90. The third-order valence-corrected chi connectivity index (χ3v) is 5.17. The van der Waals surface area contributed by atoms with E-state index in [-0.39, 0.29) is 12.0 Å². The van der Waals surface area contributed by atoms with Crippen LogP contribution in [0.15, 0.2) is 24.3 Å². The summed E-state index contributed by atoms with van der Waals surface area (Å²) in [6, 6.07) is 7.32. The highest BCUT2D eigenvalue weighted by Crippen LogP contribution is 2.26. The fraction of sp³-hybridized carbons (Fsp3) is 0.579. The number of ether oxygens (including phenoxy) is 1. The zero-order valence-corrected chi connectivity index (χ0v) is 14.5. The summed E-state index contributed by atoms with van der Waals surface area (Å²) >= 11 is 0. The molecule has 24 heavy (non-hydrogen) atoms. The van der Waals surface area contributed by atoms with Gasteiger partial charge in [-0.05, 0) is 49.3 Å². The fourth-order valence-electron chi connectivity index (χ4n) is 3.61. The fourth-order valence-corrected chi connectivity index (χ4v) is 3.61. The highest BCUT2D eigenvalue weighted by Gasteiger charge is 2.26. The van der Waals surface area contributed by atoms with E-state index in [0.29, 0.717) is 30.6 Å². The average molecular weight is 330 g/mol. The number of likely N-dealkylation sites (tertiary alicyclic amines) is 1. The zero-order valence-electron chi connectivity index (χ0n) is 14.5. The molecule has 1 atom stereocenters. The lowest BCUT2D eigenvalue weighted by Gasteiger charge is -2.22. The number of rotatable bonds is 3. The normalized spacial score (nSPS) is 21.8. The molecule has 0 aromatic heterocycles. The van der Waals surface area contributed by atoms with Crippen LogP contribution in [0.5, 0.6) is 0 Å². The molecule has 2 aliphatic heterocycles. The van der Waals surface area contributed by atoms with Crippen LogP contribution in [-0.2, 0) is 4.74 Å². The van der Waals surface area contributed by atoms with Crippen molar-refractivity contribution < 1.29 is 14.3 Å². The molecular formula is C19H26N2O3. The summed E-state index contributed by atoms with van der Waals surface area (Å²) in [6.07, 6.45) is 2.99. The van der Waals surface area contributed by atoms with E-state index in [4.69, 9.17) is 4.74 Å². The Morgan fingerprint density at radius 2 is 2.04 bits per heavy atom. The SMILES string of the molecule is CC(C)[C@H]1CCCN(C(=O)c2cccc(N3CCOC3=O)c2)CC1. The molecule has 0 aliphatic carbocycles. The predicted octanol–water partition coefficient (Wildman–Crippen LogP) is 3.54. The second-order valence-corrected chi connectivity index (χ2v) is 7.04. The van der Waals surface area contributed by atoms with Crippen LogP contribution in [-0.4, -0.2) is 43.1 Å². The Bertz CT molecular complexity index is 614. The number of hydrogen-bond acceptors (Lipinski definition) is 3. The monoisotopic (exact) mass is 330 g/mol. The summed E-state index contributed by atoms with van der Waals surface area (Å²) in [5.41, 5.74) is 1.38. The first-order chi connectivity index (χ1) is 11.6. The van der Waals surface area contributed by atoms with Crippen LogP contribution in [0.3, 0.4) is 0 Å². The van der Waals surface area contributed by atoms with E-state index >= 15 is 0 Å². The Morgan fingerprint density at radius 3 is 2.75 bits per heavy atom. The Labute approximate surface area is 143 Å². The van der Waals surface area contributed by atoms with Crippen molar-refractivity contribution in [1.29, 1.82) is 0 Å². The molecule has 2 aliphatic rings. The molecule has 0 bridgehead atoms. The molecule has 0 spiro atoms. The van der Waals surface area contributed by atoms with E-state index in [9.17, 15) is 9.59 Å². The number of carbonyl (C=O) groups is 2. The van der Waals surface area contributed by atoms with E-state index in [1.807, 2.05) is 23.1 Å². The van der Waals surface area contributed by atoms with Gasteiger partial charge in [-0.1, -0.05) is 19.9 Å². The number of anilines is 1. The van der Waals surface area contributed by atoms with Crippen molar-refractivity contribution in [3.63, 3.8) is 0 Å². The molecule has 0 unspecified atom stereocenters. The first-order valence-corrected chi connectivity index (χ1v) is 8.90. The Balaban J connectivity index is 1.72. The minimum Gasteiger partial charge on any atom is -0.447 e. The van der Waals surface area contributed by atoms with Crippen molar-refractivity contribution in [2.75, 3.05) is 31.1 Å². The van der Waals surface area contributed by atoms with Crippen LogP contribution in [0.1, 0.15) is 43.5 Å². The van der Waals surface area contributed by atoms with Crippen molar-refractivity contribution in [2.24, 2.45) is 11.8 Å². The average Bonchev–Trinajstić information content (AvgIpc) is 2.85. The van der Waals surface area contributed by atoms with Gasteiger partial charge in [0.2, 0.25) is 0 Å². The Morgan fingerprint density at radius 1 is 1.21 bits per heavy atom. The largest absolute Gasteiger partial charge is 0.447 e. The smallest absolute Gasteiger partial charge is 0.414 e. The maximum atomic E-state index is 12.9. The molecule has 0 N–H and O–H groups in total. The standard InChI is InChI=1S/C19H26N2O3/c1-14(2)15-6-4-9-20(10-8-15)18(22)16-5-3-7-17(13-16)21-11-12-24-19(21)23/h3,5,7,13-15H,4,6,8-12H2,1-2H3/t15-/m0/s1. The Kier molecular flexibility index (Phi) is 5.07. The first kappa shape index (κ1) is 16.8. The van der Waals surface area contributed by atoms with E-state index in [2.05, 4.69) is 13.8 Å². The third kappa shape index (κ3) is 3.55. The van der Waals surface area contributed by atoms with Crippen LogP contribution >= 0.6 is 0 Å². The minimum atomic E-state index is -0.339. The second-order valence-electron chi connectivity index (χ2n) is 7.04. The minimum absolute atomic E-state index is 0.0637. The van der Waals surface area contributed by atoms with E-state index in [0.717, 1.165) is 31.6 Å². The van der Waals surface area contributed by atoms with Gasteiger partial charge < -0.3 is 9.64 Å². The molecular weight excluding hydrogens is 304 g/mol.